The Morgan fingerprint density at radius 1 is 1.09 bits per heavy atom. The van der Waals surface area contributed by atoms with Crippen LogP contribution in [0, 0.1) is 0 Å². The number of carbonyl (C=O) groups is 3. The number of pyridine rings is 2. The summed E-state index contributed by atoms with van der Waals surface area (Å²) in [6.45, 7) is 0. The van der Waals surface area contributed by atoms with Crippen LogP contribution < -0.4 is 16.8 Å². The van der Waals surface area contributed by atoms with Crippen molar-refractivity contribution in [3.8, 4) is 0 Å². The smallest absolute Gasteiger partial charge is 0.253 e. The second-order valence-electron chi connectivity index (χ2n) is 6.98. The van der Waals surface area contributed by atoms with E-state index in [1.807, 2.05) is 35.0 Å². The number of thiophene rings is 2. The molecule has 0 bridgehead atoms. The Labute approximate surface area is 226 Å². The summed E-state index contributed by atoms with van der Waals surface area (Å²) in [7, 11) is 0. The SMILES string of the molecule is NC(=O)c1cc(Br)cnc1N.O=C1NC(c2cccs2)Cc2ncc(Br)cc21.O=Cc1cccs1. The molecule has 0 saturated carbocycles. The predicted molar refractivity (Wildman–Crippen MR) is 145 cm³/mol. The summed E-state index contributed by atoms with van der Waals surface area (Å²) in [5.74, 6) is -0.463. The minimum Gasteiger partial charge on any atom is -0.383 e. The van der Waals surface area contributed by atoms with Crippen molar-refractivity contribution in [3.05, 3.63) is 95.1 Å². The molecule has 5 heterocycles. The van der Waals surface area contributed by atoms with Gasteiger partial charge in [0.15, 0.2) is 6.29 Å². The molecule has 2 amide bonds. The van der Waals surface area contributed by atoms with E-state index in [4.69, 9.17) is 11.5 Å². The van der Waals surface area contributed by atoms with E-state index in [1.165, 1.54) is 28.5 Å². The third-order valence-electron chi connectivity index (χ3n) is 4.58. The summed E-state index contributed by atoms with van der Waals surface area (Å²) in [5.41, 5.74) is 12.1. The average Bonchev–Trinajstić information content (AvgIpc) is 3.56. The lowest BCUT2D eigenvalue weighted by atomic mass is 9.99. The van der Waals surface area contributed by atoms with Crippen molar-refractivity contribution < 1.29 is 14.4 Å². The van der Waals surface area contributed by atoms with Crippen molar-refractivity contribution in [1.29, 1.82) is 0 Å². The number of rotatable bonds is 3. The summed E-state index contributed by atoms with van der Waals surface area (Å²) in [6.07, 6.45) is 4.85. The number of anilines is 1. The molecule has 0 aromatic carbocycles. The Morgan fingerprint density at radius 2 is 1.77 bits per heavy atom. The van der Waals surface area contributed by atoms with E-state index in [-0.39, 0.29) is 23.3 Å². The number of nitrogens with two attached hydrogens (primary N) is 2. The van der Waals surface area contributed by atoms with Crippen LogP contribution in [0.5, 0.6) is 0 Å². The maximum atomic E-state index is 12.0. The molecule has 0 aliphatic carbocycles. The van der Waals surface area contributed by atoms with Gasteiger partial charge in [0, 0.05) is 32.6 Å². The molecule has 12 heteroatoms. The van der Waals surface area contributed by atoms with Crippen molar-refractivity contribution in [2.45, 2.75) is 12.5 Å². The number of aromatic nitrogens is 2. The molecular weight excluding hydrogens is 618 g/mol. The fourth-order valence-corrected chi connectivity index (χ4v) is 4.94. The van der Waals surface area contributed by atoms with E-state index in [0.717, 1.165) is 27.8 Å². The number of aldehydes is 1. The highest BCUT2D eigenvalue weighted by Gasteiger charge is 2.26. The summed E-state index contributed by atoms with van der Waals surface area (Å²) < 4.78 is 1.52. The summed E-state index contributed by atoms with van der Waals surface area (Å²) in [4.78, 5) is 42.5. The zero-order valence-electron chi connectivity index (χ0n) is 18.0. The quantitative estimate of drug-likeness (QED) is 0.270. The van der Waals surface area contributed by atoms with E-state index < -0.39 is 5.91 Å². The van der Waals surface area contributed by atoms with Gasteiger partial charge in [0.1, 0.15) is 5.82 Å². The van der Waals surface area contributed by atoms with Crippen molar-refractivity contribution in [1.82, 2.24) is 15.3 Å². The van der Waals surface area contributed by atoms with E-state index in [9.17, 15) is 14.4 Å². The maximum Gasteiger partial charge on any atom is 0.253 e. The highest BCUT2D eigenvalue weighted by Crippen LogP contribution is 2.28. The third-order valence-corrected chi connectivity index (χ3v) is 7.23. The Bertz CT molecular complexity index is 1310. The number of fused-ring (bicyclic) bond motifs is 1. The minimum absolute atomic E-state index is 0.0431. The van der Waals surface area contributed by atoms with Gasteiger partial charge in [-0.1, -0.05) is 12.1 Å². The highest BCUT2D eigenvalue weighted by atomic mass is 79.9. The van der Waals surface area contributed by atoms with Crippen LogP contribution in [0.4, 0.5) is 5.82 Å². The molecule has 180 valence electrons. The summed E-state index contributed by atoms with van der Waals surface area (Å²) in [6, 6.07) is 11.1. The number of halogens is 2. The zero-order chi connectivity index (χ0) is 25.4. The van der Waals surface area contributed by atoms with Gasteiger partial charge < -0.3 is 16.8 Å². The van der Waals surface area contributed by atoms with Gasteiger partial charge in [-0.15, -0.1) is 22.7 Å². The molecule has 1 aliphatic heterocycles. The molecular formula is C23H19Br2N5O3S2. The van der Waals surface area contributed by atoms with E-state index in [0.29, 0.717) is 10.0 Å². The molecule has 1 unspecified atom stereocenters. The van der Waals surface area contributed by atoms with E-state index in [2.05, 4.69) is 47.1 Å². The van der Waals surface area contributed by atoms with Gasteiger partial charge in [0.05, 0.1) is 27.7 Å². The largest absolute Gasteiger partial charge is 0.383 e. The van der Waals surface area contributed by atoms with Crippen LogP contribution in [0.2, 0.25) is 0 Å². The fraction of sp³-hybridized carbons (Fsp3) is 0.0870. The van der Waals surface area contributed by atoms with Gasteiger partial charge in [0.25, 0.3) is 11.8 Å². The van der Waals surface area contributed by atoms with Crippen molar-refractivity contribution in [3.63, 3.8) is 0 Å². The van der Waals surface area contributed by atoms with Gasteiger partial charge in [-0.3, -0.25) is 19.4 Å². The van der Waals surface area contributed by atoms with Crippen LogP contribution in [0.15, 0.2) is 68.5 Å². The molecule has 0 spiro atoms. The highest BCUT2D eigenvalue weighted by molar-refractivity contribution is 9.10. The first kappa shape index (κ1) is 26.7. The van der Waals surface area contributed by atoms with Crippen LogP contribution >= 0.6 is 54.5 Å². The predicted octanol–water partition coefficient (Wildman–Crippen LogP) is 5.02. The summed E-state index contributed by atoms with van der Waals surface area (Å²) in [5, 5.41) is 6.91. The molecule has 4 aromatic rings. The number of hydrogen-bond donors (Lipinski definition) is 3. The lowest BCUT2D eigenvalue weighted by Crippen LogP contribution is -2.35. The van der Waals surface area contributed by atoms with E-state index in [1.54, 1.807) is 23.6 Å². The Hall–Kier alpha value is -2.93. The number of nitrogens with zero attached hydrogens (tertiary/aromatic N) is 2. The van der Waals surface area contributed by atoms with Gasteiger partial charge >= 0.3 is 0 Å². The number of amides is 2. The first-order valence-corrected chi connectivity index (χ1v) is 13.3. The molecule has 0 radical (unpaired) electrons. The van der Waals surface area contributed by atoms with Crippen molar-refractivity contribution in [2.24, 2.45) is 5.73 Å². The molecule has 35 heavy (non-hydrogen) atoms. The lowest BCUT2D eigenvalue weighted by molar-refractivity contribution is 0.0923. The molecule has 0 fully saturated rings. The second-order valence-corrected chi connectivity index (χ2v) is 10.8. The summed E-state index contributed by atoms with van der Waals surface area (Å²) >= 11 is 9.58. The average molecular weight is 637 g/mol. The second kappa shape index (κ2) is 12.7. The first-order chi connectivity index (χ1) is 16.8. The lowest BCUT2D eigenvalue weighted by Gasteiger charge is -2.24. The van der Waals surface area contributed by atoms with Crippen LogP contribution in [0.1, 0.15) is 47.0 Å². The molecule has 8 nitrogen and oxygen atoms in total. The number of hydrogen-bond acceptors (Lipinski definition) is 8. The third kappa shape index (κ3) is 7.52. The van der Waals surface area contributed by atoms with Crippen molar-refractivity contribution >= 4 is 78.5 Å². The molecule has 5 rings (SSSR count). The van der Waals surface area contributed by atoms with Gasteiger partial charge in [0.2, 0.25) is 0 Å². The van der Waals surface area contributed by atoms with Crippen LogP contribution in [-0.4, -0.2) is 28.1 Å². The van der Waals surface area contributed by atoms with Crippen LogP contribution in [-0.2, 0) is 6.42 Å². The Balaban J connectivity index is 0.000000163. The Morgan fingerprint density at radius 3 is 2.34 bits per heavy atom. The van der Waals surface area contributed by atoms with Crippen molar-refractivity contribution in [2.75, 3.05) is 5.73 Å². The number of nitrogen functional groups attached to an aromatic ring is 1. The number of primary amides is 1. The number of nitrogens with one attached hydrogen (secondary N) is 1. The minimum atomic E-state index is -0.573. The maximum absolute atomic E-state index is 12.0. The van der Waals surface area contributed by atoms with Crippen LogP contribution in [0.3, 0.4) is 0 Å². The number of carbonyl (C=O) groups excluding carboxylic acids is 3. The van der Waals surface area contributed by atoms with Crippen LogP contribution in [0.25, 0.3) is 0 Å². The normalized spacial score (nSPS) is 13.8. The molecule has 1 atom stereocenters. The Kier molecular flexibility index (Phi) is 9.66. The molecule has 1 aliphatic rings. The monoisotopic (exact) mass is 635 g/mol. The van der Waals surface area contributed by atoms with E-state index >= 15 is 0 Å². The molecule has 0 saturated heterocycles. The first-order valence-electron chi connectivity index (χ1n) is 9.96. The van der Waals surface area contributed by atoms with Gasteiger partial charge in [-0.05, 0) is 66.9 Å². The topological polar surface area (TPSA) is 141 Å². The zero-order valence-corrected chi connectivity index (χ0v) is 22.8. The van der Waals surface area contributed by atoms with Gasteiger partial charge in [-0.2, -0.15) is 0 Å². The molecule has 4 aromatic heterocycles. The standard InChI is InChI=1S/C12H9BrN2OS.C6H6BrN3O.C5H4OS/c13-7-4-8-9(14-6-7)5-10(15-12(8)16)11-2-1-3-17-11;7-3-1-4(6(9)11)5(8)10-2-3;6-4-5-2-1-3-7-5/h1-4,6,10H,5H2,(H,15,16);1-2H,(H2,8,10)(H2,9,11);1-4H. The fourth-order valence-electron chi connectivity index (χ4n) is 2.97. The van der Waals surface area contributed by atoms with Gasteiger partial charge in [-0.25, -0.2) is 4.98 Å². The molecule has 5 N–H and O–H groups in total.